The van der Waals surface area contributed by atoms with Crippen molar-refractivity contribution in [3.63, 3.8) is 0 Å². The van der Waals surface area contributed by atoms with Crippen molar-refractivity contribution in [3.8, 4) is 5.88 Å². The monoisotopic (exact) mass is 400 g/mol. The Morgan fingerprint density at radius 1 is 1.22 bits per heavy atom. The number of carbonyl (C=O) groups excluding carboxylic acids is 1. The van der Waals surface area contributed by atoms with Crippen molar-refractivity contribution in [2.45, 2.75) is 53.2 Å². The van der Waals surface area contributed by atoms with Gasteiger partial charge in [0.05, 0.1) is 30.4 Å². The van der Waals surface area contributed by atoms with Gasteiger partial charge in [0.2, 0.25) is 5.82 Å². The van der Waals surface area contributed by atoms with E-state index >= 15 is 0 Å². The fraction of sp³-hybridized carbons (Fsp3) is 0.833. The van der Waals surface area contributed by atoms with Gasteiger partial charge in [0.15, 0.2) is 0 Å². The Bertz CT molecular complexity index is 603. The molecule has 0 amide bonds. The normalized spacial score (nSPS) is 16.9. The third-order valence-electron chi connectivity index (χ3n) is 3.91. The van der Waals surface area contributed by atoms with E-state index in [0.717, 1.165) is 30.6 Å². The molecular weight excluding hydrogens is 368 g/mol. The van der Waals surface area contributed by atoms with Crippen LogP contribution in [0.4, 0.5) is 5.82 Å². The highest BCUT2D eigenvalue weighted by Crippen LogP contribution is 2.26. The molecule has 0 bridgehead atoms. The predicted octanol–water partition coefficient (Wildman–Crippen LogP) is 2.10. The summed E-state index contributed by atoms with van der Waals surface area (Å²) in [5, 5.41) is 3.37. The van der Waals surface area contributed by atoms with Crippen LogP contribution in [0.25, 0.3) is 0 Å². The topological polar surface area (TPSA) is 85.8 Å². The maximum absolute atomic E-state index is 12.3. The molecule has 1 aliphatic heterocycles. The molecule has 0 spiro atoms. The Morgan fingerprint density at radius 3 is 2.48 bits per heavy atom. The average molecular weight is 401 g/mol. The number of carbonyl (C=O) groups is 1. The molecule has 1 aliphatic rings. The molecule has 1 atom stereocenters. The molecule has 9 heteroatoms. The van der Waals surface area contributed by atoms with Crippen molar-refractivity contribution in [2.75, 3.05) is 44.4 Å². The predicted molar refractivity (Wildman–Crippen MR) is 106 cm³/mol. The Morgan fingerprint density at radius 2 is 1.89 bits per heavy atom. The van der Waals surface area contributed by atoms with Crippen LogP contribution in [0.15, 0.2) is 0 Å². The summed E-state index contributed by atoms with van der Waals surface area (Å²) in [6.07, 6.45) is -0.421. The molecule has 154 valence electrons. The molecule has 27 heavy (non-hydrogen) atoms. The van der Waals surface area contributed by atoms with E-state index in [9.17, 15) is 4.79 Å². The molecule has 0 unspecified atom stereocenters. The van der Waals surface area contributed by atoms with E-state index < -0.39 is 11.5 Å². The Kier molecular flexibility index (Phi) is 7.41. The lowest BCUT2D eigenvalue weighted by Crippen LogP contribution is -2.45. The summed E-state index contributed by atoms with van der Waals surface area (Å²) in [6, 6.07) is 0. The van der Waals surface area contributed by atoms with Crippen molar-refractivity contribution in [1.29, 1.82) is 0 Å². The second-order valence-electron chi connectivity index (χ2n) is 8.71. The van der Waals surface area contributed by atoms with Gasteiger partial charge in [-0.2, -0.15) is 4.37 Å². The summed E-state index contributed by atoms with van der Waals surface area (Å²) in [5.74, 6) is 0.957. The van der Waals surface area contributed by atoms with Crippen LogP contribution in [-0.4, -0.2) is 65.8 Å². The Balaban J connectivity index is 2.00. The quantitative estimate of drug-likeness (QED) is 0.697. The molecule has 1 aromatic heterocycles. The van der Waals surface area contributed by atoms with E-state index in [0.29, 0.717) is 25.6 Å². The molecule has 0 saturated carbocycles. The number of esters is 1. The Labute approximate surface area is 165 Å². The summed E-state index contributed by atoms with van der Waals surface area (Å²) in [7, 11) is 0. The van der Waals surface area contributed by atoms with Gasteiger partial charge in [-0.05, 0) is 41.5 Å². The number of aromatic nitrogens is 2. The lowest BCUT2D eigenvalue weighted by molar-refractivity contribution is -0.160. The first-order chi connectivity index (χ1) is 12.6. The summed E-state index contributed by atoms with van der Waals surface area (Å²) in [5.41, 5.74) is -0.658. The zero-order valence-electron chi connectivity index (χ0n) is 17.2. The van der Waals surface area contributed by atoms with Gasteiger partial charge in [-0.1, -0.05) is 0 Å². The van der Waals surface area contributed by atoms with Gasteiger partial charge in [0, 0.05) is 25.2 Å². The van der Waals surface area contributed by atoms with E-state index in [1.54, 1.807) is 0 Å². The molecule has 1 N–H and O–H groups in total. The largest absolute Gasteiger partial charge is 0.470 e. The summed E-state index contributed by atoms with van der Waals surface area (Å²) in [4.78, 5) is 14.4. The van der Waals surface area contributed by atoms with Gasteiger partial charge in [0.1, 0.15) is 12.7 Å². The maximum atomic E-state index is 12.3. The summed E-state index contributed by atoms with van der Waals surface area (Å²) < 4.78 is 25.6. The van der Waals surface area contributed by atoms with Crippen LogP contribution in [0.3, 0.4) is 0 Å². The minimum absolute atomic E-state index is 0.0897. The molecule has 0 aromatic carbocycles. The van der Waals surface area contributed by atoms with E-state index in [-0.39, 0.29) is 18.1 Å². The molecule has 1 saturated heterocycles. The maximum Gasteiger partial charge on any atom is 0.311 e. The van der Waals surface area contributed by atoms with Gasteiger partial charge >= 0.3 is 5.97 Å². The zero-order chi connectivity index (χ0) is 20.1. The molecule has 2 heterocycles. The fourth-order valence-electron chi connectivity index (χ4n) is 2.29. The van der Waals surface area contributed by atoms with Crippen LogP contribution in [0.1, 0.15) is 41.5 Å². The van der Waals surface area contributed by atoms with Crippen molar-refractivity contribution in [1.82, 2.24) is 14.1 Å². The van der Waals surface area contributed by atoms with Crippen LogP contribution in [0.5, 0.6) is 5.88 Å². The van der Waals surface area contributed by atoms with Gasteiger partial charge in [-0.25, -0.2) is 0 Å². The number of rotatable bonds is 7. The van der Waals surface area contributed by atoms with E-state index in [1.165, 1.54) is 0 Å². The SMILES string of the molecule is CC(C)(C)NC[C@H](COc1nsnc1N1CCOCC1)OC(=O)C(C)(C)C. The van der Waals surface area contributed by atoms with Crippen molar-refractivity contribution in [3.05, 3.63) is 0 Å². The van der Waals surface area contributed by atoms with Crippen LogP contribution >= 0.6 is 11.7 Å². The van der Waals surface area contributed by atoms with Crippen LogP contribution < -0.4 is 15.0 Å². The fourth-order valence-corrected chi connectivity index (χ4v) is 2.81. The zero-order valence-corrected chi connectivity index (χ0v) is 18.0. The average Bonchev–Trinajstić information content (AvgIpc) is 3.05. The van der Waals surface area contributed by atoms with Gasteiger partial charge in [-0.3, -0.25) is 4.79 Å². The van der Waals surface area contributed by atoms with Crippen LogP contribution in [0.2, 0.25) is 0 Å². The van der Waals surface area contributed by atoms with Crippen LogP contribution in [-0.2, 0) is 14.3 Å². The third kappa shape index (κ3) is 7.23. The number of morpholine rings is 1. The highest BCUT2D eigenvalue weighted by atomic mass is 32.1. The lowest BCUT2D eigenvalue weighted by Gasteiger charge is -2.28. The highest BCUT2D eigenvalue weighted by Gasteiger charge is 2.28. The summed E-state index contributed by atoms with van der Waals surface area (Å²) in [6.45, 7) is 15.3. The van der Waals surface area contributed by atoms with Gasteiger partial charge < -0.3 is 24.4 Å². The second kappa shape index (κ2) is 9.16. The summed E-state index contributed by atoms with van der Waals surface area (Å²) >= 11 is 1.12. The minimum atomic E-state index is -0.568. The van der Waals surface area contributed by atoms with E-state index in [4.69, 9.17) is 14.2 Å². The second-order valence-corrected chi connectivity index (χ2v) is 9.24. The lowest BCUT2D eigenvalue weighted by atomic mass is 9.97. The van der Waals surface area contributed by atoms with Crippen molar-refractivity contribution >= 4 is 23.5 Å². The van der Waals surface area contributed by atoms with Gasteiger partial charge in [-0.15, -0.1) is 4.37 Å². The first-order valence-corrected chi connectivity index (χ1v) is 10.0. The van der Waals surface area contributed by atoms with E-state index in [2.05, 4.69) is 39.7 Å². The first kappa shape index (κ1) is 21.8. The molecule has 0 radical (unpaired) electrons. The Hall–Kier alpha value is -1.45. The highest BCUT2D eigenvalue weighted by molar-refractivity contribution is 6.99. The number of ether oxygens (including phenoxy) is 3. The van der Waals surface area contributed by atoms with Crippen LogP contribution in [0, 0.1) is 5.41 Å². The number of nitrogens with zero attached hydrogens (tertiary/aromatic N) is 3. The number of anilines is 1. The molecule has 2 rings (SSSR count). The number of nitrogens with one attached hydrogen (secondary N) is 1. The minimum Gasteiger partial charge on any atom is -0.470 e. The number of hydrogen-bond donors (Lipinski definition) is 1. The van der Waals surface area contributed by atoms with Crippen molar-refractivity contribution < 1.29 is 19.0 Å². The van der Waals surface area contributed by atoms with E-state index in [1.807, 2.05) is 20.8 Å². The first-order valence-electron chi connectivity index (χ1n) is 9.30. The molecule has 8 nitrogen and oxygen atoms in total. The molecule has 1 aromatic rings. The molecule has 0 aliphatic carbocycles. The van der Waals surface area contributed by atoms with Gasteiger partial charge in [0.25, 0.3) is 5.88 Å². The standard InChI is InChI=1S/C18H32N4O4S/c1-17(2,3)16(23)26-13(11-19-18(4,5)6)12-25-15-14(20-27-21-15)22-7-9-24-10-8-22/h13,19H,7-12H2,1-6H3/t13-/m1/s1. The smallest absolute Gasteiger partial charge is 0.311 e. The third-order valence-corrected chi connectivity index (χ3v) is 4.41. The molecule has 1 fully saturated rings. The number of hydrogen-bond acceptors (Lipinski definition) is 9. The van der Waals surface area contributed by atoms with Crippen molar-refractivity contribution in [2.24, 2.45) is 5.41 Å². The molecular formula is C18H32N4O4S.